The Bertz CT molecular complexity index is 703. The lowest BCUT2D eigenvalue weighted by atomic mass is 10.0. The number of rotatable bonds is 4. The SMILES string of the molecule is CNCc1ccc(Cl)cc1Cc1nc2ccccc2s1. The molecule has 102 valence electrons. The smallest absolute Gasteiger partial charge is 0.0982 e. The molecule has 1 heterocycles. The Morgan fingerprint density at radius 2 is 2.00 bits per heavy atom. The van der Waals surface area contributed by atoms with Crippen LogP contribution in [0.3, 0.4) is 0 Å². The van der Waals surface area contributed by atoms with Crippen molar-refractivity contribution in [3.05, 3.63) is 63.6 Å². The number of para-hydroxylation sites is 1. The van der Waals surface area contributed by atoms with Crippen LogP contribution in [0.4, 0.5) is 0 Å². The van der Waals surface area contributed by atoms with Gasteiger partial charge in [-0.3, -0.25) is 0 Å². The van der Waals surface area contributed by atoms with Gasteiger partial charge in [0.25, 0.3) is 0 Å². The molecule has 2 aromatic carbocycles. The lowest BCUT2D eigenvalue weighted by molar-refractivity contribution is 0.807. The van der Waals surface area contributed by atoms with Crippen LogP contribution >= 0.6 is 22.9 Å². The first-order chi connectivity index (χ1) is 9.76. The number of halogens is 1. The summed E-state index contributed by atoms with van der Waals surface area (Å²) in [7, 11) is 1.95. The van der Waals surface area contributed by atoms with E-state index < -0.39 is 0 Å². The van der Waals surface area contributed by atoms with Gasteiger partial charge in [-0.2, -0.15) is 0 Å². The summed E-state index contributed by atoms with van der Waals surface area (Å²) >= 11 is 7.87. The summed E-state index contributed by atoms with van der Waals surface area (Å²) in [4.78, 5) is 4.69. The molecule has 1 N–H and O–H groups in total. The summed E-state index contributed by atoms with van der Waals surface area (Å²) < 4.78 is 1.24. The number of hydrogen-bond acceptors (Lipinski definition) is 3. The normalized spacial score (nSPS) is 11.1. The molecule has 0 spiro atoms. The van der Waals surface area contributed by atoms with Gasteiger partial charge in [0.15, 0.2) is 0 Å². The molecular weight excluding hydrogens is 288 g/mol. The highest BCUT2D eigenvalue weighted by molar-refractivity contribution is 7.18. The van der Waals surface area contributed by atoms with Crippen molar-refractivity contribution in [3.63, 3.8) is 0 Å². The molecule has 0 aliphatic carbocycles. The van der Waals surface area contributed by atoms with Gasteiger partial charge in [0.1, 0.15) is 0 Å². The van der Waals surface area contributed by atoms with E-state index in [9.17, 15) is 0 Å². The van der Waals surface area contributed by atoms with Crippen molar-refractivity contribution < 1.29 is 0 Å². The highest BCUT2D eigenvalue weighted by Crippen LogP contribution is 2.26. The van der Waals surface area contributed by atoms with E-state index in [-0.39, 0.29) is 0 Å². The second-order valence-corrected chi connectivity index (χ2v) is 6.25. The Hall–Kier alpha value is -1.42. The topological polar surface area (TPSA) is 24.9 Å². The van der Waals surface area contributed by atoms with Crippen LogP contribution in [-0.4, -0.2) is 12.0 Å². The van der Waals surface area contributed by atoms with Crippen LogP contribution in [0.2, 0.25) is 5.02 Å². The lowest BCUT2D eigenvalue weighted by Gasteiger charge is -2.08. The monoisotopic (exact) mass is 302 g/mol. The summed E-state index contributed by atoms with van der Waals surface area (Å²) in [6, 6.07) is 14.3. The zero-order chi connectivity index (χ0) is 13.9. The minimum Gasteiger partial charge on any atom is -0.316 e. The third-order valence-corrected chi connectivity index (χ3v) is 4.49. The van der Waals surface area contributed by atoms with Crippen LogP contribution in [0.5, 0.6) is 0 Å². The van der Waals surface area contributed by atoms with Crippen molar-refractivity contribution in [2.24, 2.45) is 0 Å². The van der Waals surface area contributed by atoms with Gasteiger partial charge in [-0.05, 0) is 42.4 Å². The number of thiazole rings is 1. The van der Waals surface area contributed by atoms with Crippen LogP contribution in [0.15, 0.2) is 42.5 Å². The molecule has 0 bridgehead atoms. The third kappa shape index (κ3) is 2.85. The quantitative estimate of drug-likeness (QED) is 0.779. The lowest BCUT2D eigenvalue weighted by Crippen LogP contribution is -2.08. The first-order valence-corrected chi connectivity index (χ1v) is 7.72. The van der Waals surface area contributed by atoms with Crippen LogP contribution in [0, 0.1) is 0 Å². The summed E-state index contributed by atoms with van der Waals surface area (Å²) in [5, 5.41) is 5.11. The zero-order valence-electron chi connectivity index (χ0n) is 11.2. The molecule has 3 aromatic rings. The van der Waals surface area contributed by atoms with E-state index in [2.05, 4.69) is 29.6 Å². The average Bonchev–Trinajstić information content (AvgIpc) is 2.84. The van der Waals surface area contributed by atoms with E-state index in [1.54, 1.807) is 11.3 Å². The molecule has 1 aromatic heterocycles. The van der Waals surface area contributed by atoms with Crippen LogP contribution in [0.25, 0.3) is 10.2 Å². The molecule has 0 aliphatic rings. The standard InChI is InChI=1S/C16H15ClN2S/c1-18-10-11-6-7-13(17)8-12(11)9-16-19-14-4-2-3-5-15(14)20-16/h2-8,18H,9-10H2,1H3. The molecule has 0 fully saturated rings. The highest BCUT2D eigenvalue weighted by atomic mass is 35.5. The number of aromatic nitrogens is 1. The van der Waals surface area contributed by atoms with Gasteiger partial charge in [-0.1, -0.05) is 29.8 Å². The van der Waals surface area contributed by atoms with Gasteiger partial charge < -0.3 is 5.32 Å². The number of benzene rings is 2. The molecule has 20 heavy (non-hydrogen) atoms. The maximum Gasteiger partial charge on any atom is 0.0982 e. The Kier molecular flexibility index (Phi) is 4.01. The molecule has 4 heteroatoms. The first-order valence-electron chi connectivity index (χ1n) is 6.52. The van der Waals surface area contributed by atoms with Crippen molar-refractivity contribution in [1.29, 1.82) is 0 Å². The molecule has 0 radical (unpaired) electrons. The molecule has 2 nitrogen and oxygen atoms in total. The maximum absolute atomic E-state index is 6.12. The van der Waals surface area contributed by atoms with Crippen molar-refractivity contribution >= 4 is 33.2 Å². The molecule has 0 atom stereocenters. The minimum atomic E-state index is 0.779. The second-order valence-electron chi connectivity index (χ2n) is 4.70. The van der Waals surface area contributed by atoms with Gasteiger partial charge in [0.2, 0.25) is 0 Å². The Balaban J connectivity index is 1.95. The second kappa shape index (κ2) is 5.92. The summed E-state index contributed by atoms with van der Waals surface area (Å²) in [6.07, 6.45) is 0.830. The van der Waals surface area contributed by atoms with Crippen molar-refractivity contribution in [2.75, 3.05) is 7.05 Å². The van der Waals surface area contributed by atoms with E-state index in [1.807, 2.05) is 25.2 Å². The summed E-state index contributed by atoms with van der Waals surface area (Å²) in [5.41, 5.74) is 3.59. The number of nitrogens with zero attached hydrogens (tertiary/aromatic N) is 1. The summed E-state index contributed by atoms with van der Waals surface area (Å²) in [6.45, 7) is 0.845. The predicted molar refractivity (Wildman–Crippen MR) is 86.6 cm³/mol. The fraction of sp³-hybridized carbons (Fsp3) is 0.188. The molecule has 0 amide bonds. The number of hydrogen-bond donors (Lipinski definition) is 1. The van der Waals surface area contributed by atoms with Gasteiger partial charge in [0.05, 0.1) is 15.2 Å². The fourth-order valence-electron chi connectivity index (χ4n) is 2.28. The maximum atomic E-state index is 6.12. The van der Waals surface area contributed by atoms with Gasteiger partial charge in [-0.25, -0.2) is 4.98 Å². The van der Waals surface area contributed by atoms with Crippen LogP contribution in [0.1, 0.15) is 16.1 Å². The number of fused-ring (bicyclic) bond motifs is 1. The Morgan fingerprint density at radius 1 is 1.15 bits per heavy atom. The molecule has 0 saturated heterocycles. The van der Waals surface area contributed by atoms with E-state index >= 15 is 0 Å². The largest absolute Gasteiger partial charge is 0.316 e. The molecule has 0 saturated carbocycles. The molecule has 3 rings (SSSR count). The third-order valence-electron chi connectivity index (χ3n) is 3.22. The van der Waals surface area contributed by atoms with E-state index in [0.717, 1.165) is 28.5 Å². The molecular formula is C16H15ClN2S. The fourth-order valence-corrected chi connectivity index (χ4v) is 3.47. The first kappa shape index (κ1) is 13.6. The van der Waals surface area contributed by atoms with E-state index in [0.29, 0.717) is 0 Å². The van der Waals surface area contributed by atoms with Crippen LogP contribution in [-0.2, 0) is 13.0 Å². The Morgan fingerprint density at radius 3 is 2.80 bits per heavy atom. The average molecular weight is 303 g/mol. The van der Waals surface area contributed by atoms with Crippen molar-refractivity contribution in [2.45, 2.75) is 13.0 Å². The van der Waals surface area contributed by atoms with Gasteiger partial charge in [-0.15, -0.1) is 11.3 Å². The zero-order valence-corrected chi connectivity index (χ0v) is 12.8. The van der Waals surface area contributed by atoms with Gasteiger partial charge >= 0.3 is 0 Å². The van der Waals surface area contributed by atoms with Crippen LogP contribution < -0.4 is 5.32 Å². The number of nitrogens with one attached hydrogen (secondary N) is 1. The minimum absolute atomic E-state index is 0.779. The Labute approximate surface area is 127 Å². The highest BCUT2D eigenvalue weighted by Gasteiger charge is 2.08. The van der Waals surface area contributed by atoms with E-state index in [1.165, 1.54) is 15.8 Å². The van der Waals surface area contributed by atoms with Gasteiger partial charge in [0, 0.05) is 18.0 Å². The van der Waals surface area contributed by atoms with E-state index in [4.69, 9.17) is 16.6 Å². The molecule has 0 aliphatic heterocycles. The van der Waals surface area contributed by atoms with Crippen molar-refractivity contribution in [1.82, 2.24) is 10.3 Å². The predicted octanol–water partition coefficient (Wildman–Crippen LogP) is 4.26. The summed E-state index contributed by atoms with van der Waals surface area (Å²) in [5.74, 6) is 0. The van der Waals surface area contributed by atoms with Crippen molar-refractivity contribution in [3.8, 4) is 0 Å². The molecule has 0 unspecified atom stereocenters.